The number of hydrogen-bond acceptors (Lipinski definition) is 11. The van der Waals surface area contributed by atoms with Gasteiger partial charge in [-0.1, -0.05) is 13.8 Å². The molecule has 2 aliphatic heterocycles. The molecule has 2 atom stereocenters. The molecule has 4 rings (SSSR count). The minimum atomic E-state index is -1.26. The number of anilines is 1. The van der Waals surface area contributed by atoms with Crippen LogP contribution in [0.2, 0.25) is 0 Å². The number of aliphatic hydroxyl groups is 1. The summed E-state index contributed by atoms with van der Waals surface area (Å²) < 4.78 is 20.5. The van der Waals surface area contributed by atoms with Gasteiger partial charge in [-0.2, -0.15) is 0 Å². The highest BCUT2D eigenvalue weighted by Crippen LogP contribution is 2.44. The average Bonchev–Trinajstić information content (AvgIpc) is 3.44. The number of aliphatic hydroxyl groups excluding tert-OH is 1. The van der Waals surface area contributed by atoms with E-state index in [9.17, 15) is 23.9 Å². The molecule has 3 heterocycles. The van der Waals surface area contributed by atoms with Gasteiger partial charge in [0.15, 0.2) is 5.82 Å². The van der Waals surface area contributed by atoms with Crippen molar-refractivity contribution < 1.29 is 38.8 Å². The van der Waals surface area contributed by atoms with Gasteiger partial charge in [-0.3, -0.25) is 9.69 Å². The van der Waals surface area contributed by atoms with E-state index in [0.717, 1.165) is 39.0 Å². The molecule has 50 heavy (non-hydrogen) atoms. The Morgan fingerprint density at radius 2 is 1.64 bits per heavy atom. The molecule has 3 N–H and O–H groups in total. The lowest BCUT2D eigenvalue weighted by Gasteiger charge is -2.53. The lowest BCUT2D eigenvalue weighted by Crippen LogP contribution is -2.62. The maximum atomic E-state index is 14.3. The molecule has 1 spiro atoms. The normalized spacial score (nSPS) is 16.9. The van der Waals surface area contributed by atoms with Gasteiger partial charge >= 0.3 is 11.9 Å². The molecule has 2 saturated heterocycles. The fraction of sp³-hybridized carbons (Fsp3) is 0.600. The molecule has 0 saturated carbocycles. The Bertz CT molecular complexity index is 1470. The van der Waals surface area contributed by atoms with Gasteiger partial charge in [0.1, 0.15) is 17.9 Å². The second kappa shape index (κ2) is 17.6. The topological polar surface area (TPSA) is 173 Å². The first-order valence-corrected chi connectivity index (χ1v) is 16.9. The molecular formula is C35H52FN7O7. The van der Waals surface area contributed by atoms with E-state index in [1.165, 1.54) is 24.5 Å². The molecule has 2 aromatic rings. The smallest absolute Gasteiger partial charge is 0.328 e. The van der Waals surface area contributed by atoms with Crippen molar-refractivity contribution >= 4 is 23.7 Å². The first kappa shape index (κ1) is 40.2. The van der Waals surface area contributed by atoms with E-state index in [1.807, 2.05) is 46.7 Å². The van der Waals surface area contributed by atoms with Gasteiger partial charge in [0.25, 0.3) is 11.8 Å². The van der Waals surface area contributed by atoms with Gasteiger partial charge in [-0.05, 0) is 78.7 Å². The minimum absolute atomic E-state index is 0.0725. The largest absolute Gasteiger partial charge is 0.478 e. The zero-order chi connectivity index (χ0) is 37.3. The average molecular weight is 702 g/mol. The van der Waals surface area contributed by atoms with Crippen LogP contribution in [0.5, 0.6) is 11.6 Å². The number of likely N-dealkylation sites (tertiary alicyclic amines) is 1. The third-order valence-corrected chi connectivity index (χ3v) is 8.81. The lowest BCUT2D eigenvalue weighted by molar-refractivity contribution is -0.134. The van der Waals surface area contributed by atoms with Crippen molar-refractivity contribution in [2.75, 3.05) is 51.7 Å². The molecular weight excluding hydrogens is 649 g/mol. The monoisotopic (exact) mass is 701 g/mol. The summed E-state index contributed by atoms with van der Waals surface area (Å²) in [7, 11) is 3.97. The summed E-state index contributed by atoms with van der Waals surface area (Å²) in [5, 5.41) is 34.4. The quantitative estimate of drug-likeness (QED) is 0.244. The van der Waals surface area contributed by atoms with E-state index in [2.05, 4.69) is 38.8 Å². The minimum Gasteiger partial charge on any atom is -0.478 e. The van der Waals surface area contributed by atoms with Crippen molar-refractivity contribution in [3.8, 4) is 11.6 Å². The van der Waals surface area contributed by atoms with Crippen LogP contribution in [-0.2, 0) is 9.59 Å². The molecule has 2 fully saturated rings. The highest BCUT2D eigenvalue weighted by Gasteiger charge is 2.50. The predicted octanol–water partition coefficient (Wildman–Crippen LogP) is 3.62. The number of likely N-dealkylation sites (N-methyl/N-ethyl adjacent to an activating group) is 1. The maximum absolute atomic E-state index is 14.3. The fourth-order valence-corrected chi connectivity index (χ4v) is 6.79. The second-order valence-electron chi connectivity index (χ2n) is 14.3. The Morgan fingerprint density at radius 3 is 2.18 bits per heavy atom. The highest BCUT2D eigenvalue weighted by atomic mass is 19.1. The second-order valence-corrected chi connectivity index (χ2v) is 14.3. The Labute approximate surface area is 293 Å². The zero-order valence-electron chi connectivity index (χ0n) is 30.3. The van der Waals surface area contributed by atoms with Crippen LogP contribution < -0.4 is 9.64 Å². The Kier molecular flexibility index (Phi) is 14.2. The molecule has 0 aliphatic carbocycles. The number of aliphatic carboxylic acids is 2. The first-order chi connectivity index (χ1) is 23.4. The Hall–Kier alpha value is -4.21. The van der Waals surface area contributed by atoms with Gasteiger partial charge in [0.2, 0.25) is 0 Å². The van der Waals surface area contributed by atoms with Gasteiger partial charge in [-0.25, -0.2) is 19.0 Å². The van der Waals surface area contributed by atoms with E-state index in [-0.39, 0.29) is 46.7 Å². The standard InChI is InChI=1S/C31H48FN7O3.C4H4O4/c1-20(2)26(14-24(40)15-36(7)8)38-17-31(18-38)11-12-37(16-31)28-29(35-34-19-33-28)42-27-10-9-23(32)13-25(27)30(41)39(21(3)4)22(5)6;5-3(6)1-2-4(7)8/h9-10,13,19-22,24,26,40H,11-12,14-18H2,1-8H3;1-2H,(H,5,6)(H,7,8)/b;2-1+/t24-,26+;/m0./s1. The van der Waals surface area contributed by atoms with Crippen molar-refractivity contribution in [1.29, 1.82) is 0 Å². The van der Waals surface area contributed by atoms with Crippen molar-refractivity contribution in [3.63, 3.8) is 0 Å². The van der Waals surface area contributed by atoms with Crippen LogP contribution in [0.25, 0.3) is 0 Å². The van der Waals surface area contributed by atoms with E-state index < -0.39 is 17.8 Å². The summed E-state index contributed by atoms with van der Waals surface area (Å²) in [5.41, 5.74) is 0.270. The number of carbonyl (C=O) groups is 3. The third kappa shape index (κ3) is 10.9. The van der Waals surface area contributed by atoms with Crippen LogP contribution in [-0.4, -0.2) is 134 Å². The third-order valence-electron chi connectivity index (χ3n) is 8.81. The Morgan fingerprint density at radius 1 is 1.02 bits per heavy atom. The number of hydrogen-bond donors (Lipinski definition) is 3. The molecule has 1 aromatic carbocycles. The molecule has 14 nitrogen and oxygen atoms in total. The highest BCUT2D eigenvalue weighted by molar-refractivity contribution is 5.97. The number of ether oxygens (including phenoxy) is 1. The van der Waals surface area contributed by atoms with Crippen molar-refractivity contribution in [2.45, 2.75) is 78.6 Å². The van der Waals surface area contributed by atoms with Crippen LogP contribution in [0.1, 0.15) is 64.7 Å². The van der Waals surface area contributed by atoms with Crippen molar-refractivity contribution in [2.24, 2.45) is 11.3 Å². The number of amides is 1. The SMILES string of the molecule is CC(C)[C@@H](C[C@H](O)CN(C)C)N1CC2(CCN(c3ncnnc3Oc3ccc(F)cc3C(=O)N(C(C)C)C(C)C)C2)C1.O=C(O)/C=C/C(=O)O. The van der Waals surface area contributed by atoms with Crippen LogP contribution in [0.4, 0.5) is 10.2 Å². The maximum Gasteiger partial charge on any atom is 0.328 e. The first-order valence-electron chi connectivity index (χ1n) is 16.9. The summed E-state index contributed by atoms with van der Waals surface area (Å²) >= 11 is 0. The number of benzene rings is 1. The Balaban J connectivity index is 0.000000753. The zero-order valence-corrected chi connectivity index (χ0v) is 30.3. The number of carboxylic acid groups (broad SMARTS) is 2. The summed E-state index contributed by atoms with van der Waals surface area (Å²) in [6, 6.07) is 4.14. The predicted molar refractivity (Wildman–Crippen MR) is 186 cm³/mol. The van der Waals surface area contributed by atoms with Gasteiger partial charge in [-0.15, -0.1) is 10.2 Å². The van der Waals surface area contributed by atoms with Crippen molar-refractivity contribution in [3.05, 3.63) is 48.1 Å². The summed E-state index contributed by atoms with van der Waals surface area (Å²) in [6.07, 6.45) is 3.93. The van der Waals surface area contributed by atoms with Crippen LogP contribution in [0.3, 0.4) is 0 Å². The number of carbonyl (C=O) groups excluding carboxylic acids is 1. The fourth-order valence-electron chi connectivity index (χ4n) is 6.79. The molecule has 15 heteroatoms. The van der Waals surface area contributed by atoms with Crippen LogP contribution in [0, 0.1) is 17.2 Å². The van der Waals surface area contributed by atoms with E-state index in [4.69, 9.17) is 14.9 Å². The number of rotatable bonds is 14. The molecule has 276 valence electrons. The van der Waals surface area contributed by atoms with Crippen LogP contribution in [0.15, 0.2) is 36.7 Å². The van der Waals surface area contributed by atoms with Gasteiger partial charge < -0.3 is 34.8 Å². The molecule has 1 aromatic heterocycles. The van der Waals surface area contributed by atoms with E-state index in [0.29, 0.717) is 36.5 Å². The molecule has 0 radical (unpaired) electrons. The molecule has 0 unspecified atom stereocenters. The molecule has 1 amide bonds. The molecule has 0 bridgehead atoms. The number of nitrogens with zero attached hydrogens (tertiary/aromatic N) is 7. The molecule has 2 aliphatic rings. The van der Waals surface area contributed by atoms with Crippen LogP contribution >= 0.6 is 0 Å². The number of carboxylic acids is 2. The van der Waals surface area contributed by atoms with E-state index >= 15 is 0 Å². The lowest BCUT2D eigenvalue weighted by atomic mass is 9.76. The van der Waals surface area contributed by atoms with Gasteiger partial charge in [0.05, 0.1) is 11.7 Å². The number of aromatic nitrogens is 3. The summed E-state index contributed by atoms with van der Waals surface area (Å²) in [5.74, 6) is -1.92. The number of halogens is 1. The van der Waals surface area contributed by atoms with E-state index in [1.54, 1.807) is 4.90 Å². The van der Waals surface area contributed by atoms with Gasteiger partial charge in [0, 0.05) is 68.4 Å². The summed E-state index contributed by atoms with van der Waals surface area (Å²) in [4.78, 5) is 45.5. The summed E-state index contributed by atoms with van der Waals surface area (Å²) in [6.45, 7) is 16.4. The van der Waals surface area contributed by atoms with Crippen molar-refractivity contribution in [1.82, 2.24) is 29.9 Å².